The van der Waals surface area contributed by atoms with Gasteiger partial charge in [-0.1, -0.05) is 0 Å². The first-order valence-corrected chi connectivity index (χ1v) is 7.61. The SMILES string of the molecule is CCn1cc(/C=C/C(=O)NCc2nn(CC)cc2Br)cn1. The molecule has 2 rings (SSSR count). The lowest BCUT2D eigenvalue weighted by Crippen LogP contribution is -2.20. The van der Waals surface area contributed by atoms with E-state index in [1.807, 2.05) is 35.6 Å². The largest absolute Gasteiger partial charge is 0.347 e. The smallest absolute Gasteiger partial charge is 0.244 e. The minimum Gasteiger partial charge on any atom is -0.347 e. The standard InChI is InChI=1S/C14H18BrN5O/c1-3-19-9-11(7-17-19)5-6-14(21)16-8-13-12(15)10-20(4-2)18-13/h5-7,9-10H,3-4,8H2,1-2H3,(H,16,21)/b6-5+. The van der Waals surface area contributed by atoms with Crippen molar-refractivity contribution in [2.45, 2.75) is 33.5 Å². The molecule has 1 N–H and O–H groups in total. The Bertz CT molecular complexity index is 644. The highest BCUT2D eigenvalue weighted by molar-refractivity contribution is 9.10. The maximum absolute atomic E-state index is 11.8. The van der Waals surface area contributed by atoms with E-state index in [0.717, 1.165) is 28.8 Å². The average Bonchev–Trinajstić information content (AvgIpc) is 3.09. The number of aryl methyl sites for hydroxylation is 2. The second kappa shape index (κ2) is 7.21. The molecule has 21 heavy (non-hydrogen) atoms. The third-order valence-corrected chi connectivity index (χ3v) is 3.61. The fourth-order valence-electron chi connectivity index (χ4n) is 1.76. The normalized spacial score (nSPS) is 11.2. The molecule has 2 aromatic heterocycles. The van der Waals surface area contributed by atoms with Crippen LogP contribution in [0.5, 0.6) is 0 Å². The van der Waals surface area contributed by atoms with Crippen LogP contribution in [0.25, 0.3) is 6.08 Å². The molecule has 0 saturated carbocycles. The molecule has 0 saturated heterocycles. The Labute approximate surface area is 132 Å². The van der Waals surface area contributed by atoms with Gasteiger partial charge >= 0.3 is 0 Å². The molecule has 0 atom stereocenters. The highest BCUT2D eigenvalue weighted by atomic mass is 79.9. The van der Waals surface area contributed by atoms with Gasteiger partial charge in [0.05, 0.1) is 22.9 Å². The molecular formula is C14H18BrN5O. The zero-order valence-corrected chi connectivity index (χ0v) is 13.7. The van der Waals surface area contributed by atoms with Crippen molar-refractivity contribution in [2.75, 3.05) is 0 Å². The van der Waals surface area contributed by atoms with Crippen LogP contribution in [-0.2, 0) is 24.4 Å². The number of rotatable bonds is 6. The number of hydrogen-bond acceptors (Lipinski definition) is 3. The van der Waals surface area contributed by atoms with Crippen LogP contribution in [0.4, 0.5) is 0 Å². The third kappa shape index (κ3) is 4.29. The lowest BCUT2D eigenvalue weighted by molar-refractivity contribution is -0.116. The van der Waals surface area contributed by atoms with Crippen molar-refractivity contribution in [3.8, 4) is 0 Å². The Morgan fingerprint density at radius 2 is 2.10 bits per heavy atom. The summed E-state index contributed by atoms with van der Waals surface area (Å²) in [6.07, 6.45) is 8.77. The van der Waals surface area contributed by atoms with E-state index in [0.29, 0.717) is 6.54 Å². The summed E-state index contributed by atoms with van der Waals surface area (Å²) in [5.41, 5.74) is 1.72. The van der Waals surface area contributed by atoms with E-state index < -0.39 is 0 Å². The maximum Gasteiger partial charge on any atom is 0.244 e. The molecule has 6 nitrogen and oxygen atoms in total. The number of hydrogen-bond donors (Lipinski definition) is 1. The monoisotopic (exact) mass is 351 g/mol. The molecule has 2 aromatic rings. The summed E-state index contributed by atoms with van der Waals surface area (Å²) in [5.74, 6) is -0.155. The Morgan fingerprint density at radius 1 is 1.33 bits per heavy atom. The lowest BCUT2D eigenvalue weighted by Gasteiger charge is -1.99. The zero-order chi connectivity index (χ0) is 15.2. The molecule has 0 unspecified atom stereocenters. The molecule has 0 aliphatic heterocycles. The third-order valence-electron chi connectivity index (χ3n) is 2.95. The van der Waals surface area contributed by atoms with Crippen molar-refractivity contribution in [3.63, 3.8) is 0 Å². The van der Waals surface area contributed by atoms with Crippen molar-refractivity contribution < 1.29 is 4.79 Å². The Kier molecular flexibility index (Phi) is 5.32. The van der Waals surface area contributed by atoms with Gasteiger partial charge in [0.2, 0.25) is 5.91 Å². The van der Waals surface area contributed by atoms with Crippen molar-refractivity contribution in [2.24, 2.45) is 0 Å². The van der Waals surface area contributed by atoms with Crippen LogP contribution in [0, 0.1) is 0 Å². The molecule has 0 fully saturated rings. The molecule has 0 spiro atoms. The first kappa shape index (κ1) is 15.5. The zero-order valence-electron chi connectivity index (χ0n) is 12.1. The fourth-order valence-corrected chi connectivity index (χ4v) is 2.21. The maximum atomic E-state index is 11.8. The number of nitrogens with one attached hydrogen (secondary N) is 1. The van der Waals surface area contributed by atoms with E-state index in [-0.39, 0.29) is 5.91 Å². The second-order valence-electron chi connectivity index (χ2n) is 4.46. The first-order chi connectivity index (χ1) is 10.1. The summed E-state index contributed by atoms with van der Waals surface area (Å²) in [6.45, 7) is 6.04. The minimum absolute atomic E-state index is 0.155. The van der Waals surface area contributed by atoms with E-state index in [4.69, 9.17) is 0 Å². The van der Waals surface area contributed by atoms with Crippen LogP contribution < -0.4 is 5.32 Å². The van der Waals surface area contributed by atoms with Gasteiger partial charge in [-0.2, -0.15) is 10.2 Å². The van der Waals surface area contributed by atoms with Gasteiger partial charge in [-0.15, -0.1) is 0 Å². The predicted octanol–water partition coefficient (Wildman–Crippen LogP) is 2.21. The van der Waals surface area contributed by atoms with E-state index in [9.17, 15) is 4.79 Å². The van der Waals surface area contributed by atoms with E-state index in [2.05, 4.69) is 31.4 Å². The van der Waals surface area contributed by atoms with Gasteiger partial charge in [-0.05, 0) is 35.9 Å². The molecule has 7 heteroatoms. The van der Waals surface area contributed by atoms with Crippen LogP contribution in [0.15, 0.2) is 29.1 Å². The van der Waals surface area contributed by atoms with Crippen LogP contribution in [-0.4, -0.2) is 25.5 Å². The van der Waals surface area contributed by atoms with Gasteiger partial charge in [0.15, 0.2) is 0 Å². The van der Waals surface area contributed by atoms with Crippen LogP contribution in [0.1, 0.15) is 25.1 Å². The van der Waals surface area contributed by atoms with E-state index in [1.165, 1.54) is 6.08 Å². The van der Waals surface area contributed by atoms with Gasteiger partial charge in [0, 0.05) is 37.1 Å². The number of carbonyl (C=O) groups excluding carboxylic acids is 1. The molecule has 2 heterocycles. The van der Waals surface area contributed by atoms with Crippen molar-refractivity contribution >= 4 is 27.9 Å². The van der Waals surface area contributed by atoms with Gasteiger partial charge < -0.3 is 5.32 Å². The molecular weight excluding hydrogens is 334 g/mol. The van der Waals surface area contributed by atoms with Gasteiger partial charge in [0.25, 0.3) is 0 Å². The number of nitrogens with zero attached hydrogens (tertiary/aromatic N) is 4. The number of carbonyl (C=O) groups is 1. The second-order valence-corrected chi connectivity index (χ2v) is 5.31. The molecule has 0 bridgehead atoms. The highest BCUT2D eigenvalue weighted by Gasteiger charge is 2.06. The predicted molar refractivity (Wildman–Crippen MR) is 84.4 cm³/mol. The summed E-state index contributed by atoms with van der Waals surface area (Å²) in [5, 5.41) is 11.3. The number of aromatic nitrogens is 4. The minimum atomic E-state index is -0.155. The van der Waals surface area contributed by atoms with Crippen molar-refractivity contribution in [3.05, 3.63) is 40.4 Å². The Balaban J connectivity index is 1.88. The summed E-state index contributed by atoms with van der Waals surface area (Å²) in [7, 11) is 0. The molecule has 1 amide bonds. The summed E-state index contributed by atoms with van der Waals surface area (Å²) in [4.78, 5) is 11.8. The Hall–Kier alpha value is -1.89. The fraction of sp³-hybridized carbons (Fsp3) is 0.357. The van der Waals surface area contributed by atoms with Crippen LogP contribution in [0.3, 0.4) is 0 Å². The van der Waals surface area contributed by atoms with Crippen molar-refractivity contribution in [1.29, 1.82) is 0 Å². The van der Waals surface area contributed by atoms with Crippen LogP contribution >= 0.6 is 15.9 Å². The van der Waals surface area contributed by atoms with Crippen LogP contribution in [0.2, 0.25) is 0 Å². The van der Waals surface area contributed by atoms with Crippen molar-refractivity contribution in [1.82, 2.24) is 24.9 Å². The van der Waals surface area contributed by atoms with Gasteiger partial charge in [0.1, 0.15) is 0 Å². The number of halogens is 1. The summed E-state index contributed by atoms with van der Waals surface area (Å²) in [6, 6.07) is 0. The molecule has 0 aliphatic carbocycles. The van der Waals surface area contributed by atoms with Gasteiger partial charge in [-0.3, -0.25) is 14.2 Å². The molecule has 0 radical (unpaired) electrons. The molecule has 0 aromatic carbocycles. The van der Waals surface area contributed by atoms with E-state index >= 15 is 0 Å². The Morgan fingerprint density at radius 3 is 2.71 bits per heavy atom. The lowest BCUT2D eigenvalue weighted by atomic mass is 10.3. The average molecular weight is 352 g/mol. The van der Waals surface area contributed by atoms with Gasteiger partial charge in [-0.25, -0.2) is 0 Å². The summed E-state index contributed by atoms with van der Waals surface area (Å²) < 4.78 is 4.53. The first-order valence-electron chi connectivity index (χ1n) is 6.82. The number of amides is 1. The molecule has 0 aliphatic rings. The molecule has 112 valence electrons. The summed E-state index contributed by atoms with van der Waals surface area (Å²) >= 11 is 3.43. The quantitative estimate of drug-likeness (QED) is 0.811. The highest BCUT2D eigenvalue weighted by Crippen LogP contribution is 2.14. The van der Waals surface area contributed by atoms with E-state index in [1.54, 1.807) is 12.3 Å². The topological polar surface area (TPSA) is 64.7 Å².